The molecule has 6 heteroatoms. The third kappa shape index (κ3) is 4.43. The van der Waals surface area contributed by atoms with Crippen molar-refractivity contribution in [3.05, 3.63) is 90.1 Å². The summed E-state index contributed by atoms with van der Waals surface area (Å²) in [5.41, 5.74) is 4.21. The Bertz CT molecular complexity index is 1170. The molecule has 0 aliphatic rings. The smallest absolute Gasteiger partial charge is 0.255 e. The zero-order valence-corrected chi connectivity index (χ0v) is 17.3. The van der Waals surface area contributed by atoms with E-state index in [4.69, 9.17) is 14.0 Å². The van der Waals surface area contributed by atoms with E-state index in [0.29, 0.717) is 28.5 Å². The maximum Gasteiger partial charge on any atom is 0.255 e. The maximum absolute atomic E-state index is 12.6. The highest BCUT2D eigenvalue weighted by atomic mass is 16.5. The Kier molecular flexibility index (Phi) is 5.98. The van der Waals surface area contributed by atoms with E-state index < -0.39 is 0 Å². The van der Waals surface area contributed by atoms with Crippen LogP contribution in [0.5, 0.6) is 11.5 Å². The van der Waals surface area contributed by atoms with Gasteiger partial charge in [-0.15, -0.1) is 0 Å². The second-order valence-electron chi connectivity index (χ2n) is 6.85. The Labute approximate surface area is 180 Å². The lowest BCUT2D eigenvalue weighted by Gasteiger charge is -2.12. The van der Waals surface area contributed by atoms with E-state index in [-0.39, 0.29) is 12.5 Å². The number of aromatic nitrogens is 1. The van der Waals surface area contributed by atoms with Gasteiger partial charge in [0, 0.05) is 11.6 Å². The van der Waals surface area contributed by atoms with Crippen molar-refractivity contribution in [3.8, 4) is 33.9 Å². The molecular weight excluding hydrogens is 392 g/mol. The van der Waals surface area contributed by atoms with Gasteiger partial charge in [-0.2, -0.15) is 0 Å². The lowest BCUT2D eigenvalue weighted by atomic mass is 10.0. The third-order valence-corrected chi connectivity index (χ3v) is 4.91. The molecule has 156 valence electrons. The van der Waals surface area contributed by atoms with Crippen molar-refractivity contribution in [3.63, 3.8) is 0 Å². The second-order valence-corrected chi connectivity index (χ2v) is 6.85. The van der Waals surface area contributed by atoms with Crippen molar-refractivity contribution in [1.29, 1.82) is 0 Å². The van der Waals surface area contributed by atoms with Gasteiger partial charge in [0.25, 0.3) is 5.91 Å². The lowest BCUT2D eigenvalue weighted by molar-refractivity contribution is 0.0946. The lowest BCUT2D eigenvalue weighted by Crippen LogP contribution is -2.23. The zero-order chi connectivity index (χ0) is 21.6. The molecule has 1 heterocycles. The number of carbonyl (C=O) groups is 1. The number of benzene rings is 3. The van der Waals surface area contributed by atoms with E-state index in [2.05, 4.69) is 22.6 Å². The fraction of sp³-hybridized carbons (Fsp3) is 0.120. The maximum atomic E-state index is 12.6. The molecule has 0 unspecified atom stereocenters. The molecular formula is C25H22N2O4. The Morgan fingerprint density at radius 1 is 0.871 bits per heavy atom. The van der Waals surface area contributed by atoms with Gasteiger partial charge in [0.15, 0.2) is 17.3 Å². The topological polar surface area (TPSA) is 73.6 Å². The molecule has 0 aliphatic carbocycles. The van der Waals surface area contributed by atoms with Crippen molar-refractivity contribution in [2.45, 2.75) is 6.54 Å². The normalized spacial score (nSPS) is 10.5. The van der Waals surface area contributed by atoms with Crippen LogP contribution in [0.4, 0.5) is 0 Å². The van der Waals surface area contributed by atoms with Crippen LogP contribution in [-0.2, 0) is 6.54 Å². The van der Waals surface area contributed by atoms with E-state index in [1.807, 2.05) is 48.5 Å². The fourth-order valence-corrected chi connectivity index (χ4v) is 3.32. The molecule has 0 saturated carbocycles. The molecule has 1 amide bonds. The van der Waals surface area contributed by atoms with Crippen LogP contribution in [0.25, 0.3) is 22.5 Å². The van der Waals surface area contributed by atoms with Crippen LogP contribution < -0.4 is 14.8 Å². The highest BCUT2D eigenvalue weighted by Gasteiger charge is 2.17. The summed E-state index contributed by atoms with van der Waals surface area (Å²) in [5, 5.41) is 6.91. The standard InChI is InChI=1S/C25H22N2O4/c1-29-22-10-6-9-21(24(22)30-2)25(28)26-16-20-15-23(31-27-20)19-13-11-18(12-14-19)17-7-4-3-5-8-17/h3-15H,16H2,1-2H3,(H,26,28). The molecule has 4 aromatic rings. The molecule has 31 heavy (non-hydrogen) atoms. The minimum Gasteiger partial charge on any atom is -0.493 e. The molecule has 3 aromatic carbocycles. The van der Waals surface area contributed by atoms with Crippen LogP contribution >= 0.6 is 0 Å². The minimum absolute atomic E-state index is 0.227. The summed E-state index contributed by atoms with van der Waals surface area (Å²) in [4.78, 5) is 12.6. The van der Waals surface area contributed by atoms with Gasteiger partial charge in [0.2, 0.25) is 0 Å². The molecule has 1 aromatic heterocycles. The number of ether oxygens (including phenoxy) is 2. The number of amides is 1. The molecule has 0 fully saturated rings. The van der Waals surface area contributed by atoms with Gasteiger partial charge >= 0.3 is 0 Å². The minimum atomic E-state index is -0.285. The Balaban J connectivity index is 1.43. The van der Waals surface area contributed by atoms with E-state index in [9.17, 15) is 4.79 Å². The van der Waals surface area contributed by atoms with Crippen molar-refractivity contribution in [2.24, 2.45) is 0 Å². The second kappa shape index (κ2) is 9.17. The summed E-state index contributed by atoms with van der Waals surface area (Å²) in [6.07, 6.45) is 0. The number of methoxy groups -OCH3 is 2. The van der Waals surface area contributed by atoms with Crippen molar-refractivity contribution >= 4 is 5.91 Å². The van der Waals surface area contributed by atoms with Crippen LogP contribution in [0.15, 0.2) is 83.4 Å². The quantitative estimate of drug-likeness (QED) is 0.463. The predicted octanol–water partition coefficient (Wildman–Crippen LogP) is 4.96. The van der Waals surface area contributed by atoms with Crippen LogP contribution in [-0.4, -0.2) is 25.3 Å². The summed E-state index contributed by atoms with van der Waals surface area (Å²) in [6.45, 7) is 0.227. The summed E-state index contributed by atoms with van der Waals surface area (Å²) in [6, 6.07) is 25.2. The van der Waals surface area contributed by atoms with E-state index >= 15 is 0 Å². The van der Waals surface area contributed by atoms with Gasteiger partial charge in [0.1, 0.15) is 5.69 Å². The van der Waals surface area contributed by atoms with Crippen molar-refractivity contribution < 1.29 is 18.8 Å². The van der Waals surface area contributed by atoms with Crippen molar-refractivity contribution in [1.82, 2.24) is 10.5 Å². The Hall–Kier alpha value is -4.06. The summed E-state index contributed by atoms with van der Waals surface area (Å²) < 4.78 is 16.0. The van der Waals surface area contributed by atoms with Crippen molar-refractivity contribution in [2.75, 3.05) is 14.2 Å². The first kappa shape index (κ1) is 20.2. The van der Waals surface area contributed by atoms with E-state index in [0.717, 1.165) is 16.7 Å². The number of nitrogens with zero attached hydrogens (tertiary/aromatic N) is 1. The summed E-state index contributed by atoms with van der Waals surface area (Å²) in [5.74, 6) is 1.25. The van der Waals surface area contributed by atoms with Gasteiger partial charge < -0.3 is 19.3 Å². The summed E-state index contributed by atoms with van der Waals surface area (Å²) >= 11 is 0. The average molecular weight is 414 g/mol. The molecule has 0 saturated heterocycles. The molecule has 6 nitrogen and oxygen atoms in total. The first-order chi connectivity index (χ1) is 15.2. The number of para-hydroxylation sites is 1. The van der Waals surface area contributed by atoms with Crippen LogP contribution in [0.3, 0.4) is 0 Å². The highest BCUT2D eigenvalue weighted by molar-refractivity contribution is 5.97. The summed E-state index contributed by atoms with van der Waals surface area (Å²) in [7, 11) is 3.03. The molecule has 0 radical (unpaired) electrons. The average Bonchev–Trinajstić information content (AvgIpc) is 3.31. The molecule has 1 N–H and O–H groups in total. The third-order valence-electron chi connectivity index (χ3n) is 4.91. The molecule has 0 aliphatic heterocycles. The number of hydrogen-bond donors (Lipinski definition) is 1. The Morgan fingerprint density at radius 2 is 1.58 bits per heavy atom. The first-order valence-corrected chi connectivity index (χ1v) is 9.80. The first-order valence-electron chi connectivity index (χ1n) is 9.80. The number of nitrogens with one attached hydrogen (secondary N) is 1. The number of hydrogen-bond acceptors (Lipinski definition) is 5. The largest absolute Gasteiger partial charge is 0.493 e. The van der Waals surface area contributed by atoms with Gasteiger partial charge in [0.05, 0.1) is 26.3 Å². The van der Waals surface area contributed by atoms with Gasteiger partial charge in [-0.05, 0) is 23.3 Å². The van der Waals surface area contributed by atoms with Gasteiger partial charge in [-0.25, -0.2) is 0 Å². The van der Waals surface area contributed by atoms with E-state index in [1.165, 1.54) is 14.2 Å². The highest BCUT2D eigenvalue weighted by Crippen LogP contribution is 2.30. The number of rotatable bonds is 7. The molecule has 0 bridgehead atoms. The van der Waals surface area contributed by atoms with Crippen LogP contribution in [0, 0.1) is 0 Å². The zero-order valence-electron chi connectivity index (χ0n) is 17.3. The molecule has 0 spiro atoms. The van der Waals surface area contributed by atoms with Crippen LogP contribution in [0.2, 0.25) is 0 Å². The van der Waals surface area contributed by atoms with Gasteiger partial charge in [-0.1, -0.05) is 65.8 Å². The Morgan fingerprint density at radius 3 is 2.29 bits per heavy atom. The predicted molar refractivity (Wildman–Crippen MR) is 118 cm³/mol. The van der Waals surface area contributed by atoms with Gasteiger partial charge in [-0.3, -0.25) is 4.79 Å². The SMILES string of the molecule is COc1cccc(C(=O)NCc2cc(-c3ccc(-c4ccccc4)cc3)on2)c1OC. The number of carbonyl (C=O) groups excluding carboxylic acids is 1. The monoisotopic (exact) mass is 414 g/mol. The fourth-order valence-electron chi connectivity index (χ4n) is 3.32. The molecule has 0 atom stereocenters. The van der Waals surface area contributed by atoms with Crippen LogP contribution in [0.1, 0.15) is 16.1 Å². The molecule has 4 rings (SSSR count). The van der Waals surface area contributed by atoms with E-state index in [1.54, 1.807) is 18.2 Å².